The Hall–Kier alpha value is -2.78. The number of nitrogens with zero attached hydrogens (tertiary/aromatic N) is 2. The third-order valence-electron chi connectivity index (χ3n) is 2.79. The first-order chi connectivity index (χ1) is 10.0. The maximum absolute atomic E-state index is 10.9. The number of nitro benzene ring substituents is 1. The minimum Gasteiger partial charge on any atom is -0.388 e. The van der Waals surface area contributed by atoms with Gasteiger partial charge in [-0.1, -0.05) is 11.6 Å². The molecule has 2 rings (SSSR count). The van der Waals surface area contributed by atoms with Crippen molar-refractivity contribution in [2.24, 2.45) is 0 Å². The SMILES string of the molecule is CNc1cc(Nc2ccc(C#N)cc2Cl)cc([N+](=O)[O-])c1. The molecule has 0 heterocycles. The highest BCUT2D eigenvalue weighted by atomic mass is 35.5. The van der Waals surface area contributed by atoms with Gasteiger partial charge in [-0.3, -0.25) is 10.1 Å². The highest BCUT2D eigenvalue weighted by Gasteiger charge is 2.10. The molecule has 0 unspecified atom stereocenters. The van der Waals surface area contributed by atoms with E-state index in [-0.39, 0.29) is 5.69 Å². The molecule has 0 saturated carbocycles. The van der Waals surface area contributed by atoms with E-state index in [1.807, 2.05) is 6.07 Å². The van der Waals surface area contributed by atoms with Gasteiger partial charge in [0.2, 0.25) is 0 Å². The van der Waals surface area contributed by atoms with Crippen molar-refractivity contribution in [3.63, 3.8) is 0 Å². The summed E-state index contributed by atoms with van der Waals surface area (Å²) in [5.74, 6) is 0. The summed E-state index contributed by atoms with van der Waals surface area (Å²) in [6.07, 6.45) is 0. The molecule has 0 aliphatic rings. The molecule has 106 valence electrons. The highest BCUT2D eigenvalue weighted by Crippen LogP contribution is 2.30. The van der Waals surface area contributed by atoms with E-state index in [1.165, 1.54) is 18.2 Å². The minimum absolute atomic E-state index is 0.0332. The lowest BCUT2D eigenvalue weighted by Crippen LogP contribution is -1.97. The van der Waals surface area contributed by atoms with Gasteiger partial charge in [-0.05, 0) is 24.3 Å². The predicted octanol–water partition coefficient (Wildman–Crippen LogP) is 3.91. The number of benzene rings is 2. The minimum atomic E-state index is -0.466. The van der Waals surface area contributed by atoms with Crippen LogP contribution in [0.2, 0.25) is 5.02 Å². The van der Waals surface area contributed by atoms with Gasteiger partial charge in [0.25, 0.3) is 5.69 Å². The summed E-state index contributed by atoms with van der Waals surface area (Å²) in [4.78, 5) is 10.4. The van der Waals surface area contributed by atoms with E-state index in [0.29, 0.717) is 27.6 Å². The molecule has 0 saturated heterocycles. The van der Waals surface area contributed by atoms with Crippen LogP contribution in [0.15, 0.2) is 36.4 Å². The zero-order valence-electron chi connectivity index (χ0n) is 11.1. The summed E-state index contributed by atoms with van der Waals surface area (Å²) < 4.78 is 0. The van der Waals surface area contributed by atoms with E-state index >= 15 is 0 Å². The molecule has 0 radical (unpaired) electrons. The summed E-state index contributed by atoms with van der Waals surface area (Å²) in [5, 5.41) is 25.9. The lowest BCUT2D eigenvalue weighted by Gasteiger charge is -2.10. The molecule has 0 bridgehead atoms. The second kappa shape index (κ2) is 6.11. The lowest BCUT2D eigenvalue weighted by atomic mass is 10.2. The molecular weight excluding hydrogens is 292 g/mol. The Morgan fingerprint density at radius 2 is 1.95 bits per heavy atom. The van der Waals surface area contributed by atoms with Crippen LogP contribution in [0.5, 0.6) is 0 Å². The van der Waals surface area contributed by atoms with Gasteiger partial charge in [-0.25, -0.2) is 0 Å². The second-order valence-corrected chi connectivity index (χ2v) is 4.61. The van der Waals surface area contributed by atoms with Crippen molar-refractivity contribution in [1.29, 1.82) is 5.26 Å². The normalized spacial score (nSPS) is 9.76. The highest BCUT2D eigenvalue weighted by molar-refractivity contribution is 6.33. The molecule has 0 spiro atoms. The van der Waals surface area contributed by atoms with Crippen molar-refractivity contribution in [1.82, 2.24) is 0 Å². The van der Waals surface area contributed by atoms with Crippen molar-refractivity contribution in [3.8, 4) is 6.07 Å². The Bertz CT molecular complexity index is 740. The van der Waals surface area contributed by atoms with Gasteiger partial charge in [0.15, 0.2) is 0 Å². The fourth-order valence-electron chi connectivity index (χ4n) is 1.77. The molecule has 21 heavy (non-hydrogen) atoms. The number of anilines is 3. The average Bonchev–Trinajstić information content (AvgIpc) is 2.48. The molecule has 2 aromatic carbocycles. The van der Waals surface area contributed by atoms with Crippen molar-refractivity contribution in [3.05, 3.63) is 57.1 Å². The Morgan fingerprint density at radius 3 is 2.52 bits per heavy atom. The first kappa shape index (κ1) is 14.6. The average molecular weight is 303 g/mol. The molecule has 0 aliphatic heterocycles. The Morgan fingerprint density at radius 1 is 1.24 bits per heavy atom. The van der Waals surface area contributed by atoms with Crippen LogP contribution in [0, 0.1) is 21.4 Å². The first-order valence-electron chi connectivity index (χ1n) is 5.97. The number of hydrogen-bond acceptors (Lipinski definition) is 5. The maximum Gasteiger partial charge on any atom is 0.273 e. The van der Waals surface area contributed by atoms with Crippen LogP contribution in [0.3, 0.4) is 0 Å². The number of rotatable bonds is 4. The zero-order valence-corrected chi connectivity index (χ0v) is 11.8. The van der Waals surface area contributed by atoms with Crippen LogP contribution in [-0.4, -0.2) is 12.0 Å². The number of nitro groups is 1. The lowest BCUT2D eigenvalue weighted by molar-refractivity contribution is -0.384. The van der Waals surface area contributed by atoms with E-state index in [0.717, 1.165) is 0 Å². The van der Waals surface area contributed by atoms with Crippen molar-refractivity contribution in [2.75, 3.05) is 17.7 Å². The van der Waals surface area contributed by atoms with E-state index in [9.17, 15) is 10.1 Å². The van der Waals surface area contributed by atoms with Crippen LogP contribution < -0.4 is 10.6 Å². The van der Waals surface area contributed by atoms with Crippen LogP contribution in [-0.2, 0) is 0 Å². The molecule has 2 aromatic rings. The monoisotopic (exact) mass is 302 g/mol. The van der Waals surface area contributed by atoms with Gasteiger partial charge in [0, 0.05) is 30.6 Å². The van der Waals surface area contributed by atoms with Crippen LogP contribution in [0.4, 0.5) is 22.7 Å². The van der Waals surface area contributed by atoms with Crippen LogP contribution >= 0.6 is 11.6 Å². The Balaban J connectivity index is 2.37. The molecule has 0 amide bonds. The third-order valence-corrected chi connectivity index (χ3v) is 3.11. The van der Waals surface area contributed by atoms with E-state index in [1.54, 1.807) is 25.2 Å². The molecule has 2 N–H and O–H groups in total. The topological polar surface area (TPSA) is 91.0 Å². The molecule has 0 fully saturated rings. The van der Waals surface area contributed by atoms with Crippen molar-refractivity contribution in [2.45, 2.75) is 0 Å². The second-order valence-electron chi connectivity index (χ2n) is 4.21. The Labute approximate surface area is 126 Å². The van der Waals surface area contributed by atoms with E-state index in [4.69, 9.17) is 16.9 Å². The summed E-state index contributed by atoms with van der Waals surface area (Å²) in [7, 11) is 1.68. The summed E-state index contributed by atoms with van der Waals surface area (Å²) in [6, 6.07) is 11.4. The maximum atomic E-state index is 10.9. The Kier molecular flexibility index (Phi) is 4.26. The quantitative estimate of drug-likeness (QED) is 0.660. The number of hydrogen-bond donors (Lipinski definition) is 2. The standard InChI is InChI=1S/C14H11ClN4O2/c1-17-10-5-11(7-12(6-10)19(20)21)18-14-3-2-9(8-16)4-13(14)15/h2-7,17-18H,1H3. The zero-order chi connectivity index (χ0) is 15.4. The molecule has 0 aliphatic carbocycles. The largest absolute Gasteiger partial charge is 0.388 e. The third kappa shape index (κ3) is 3.41. The summed E-state index contributed by atoms with van der Waals surface area (Å²) in [5.41, 5.74) is 2.12. The fourth-order valence-corrected chi connectivity index (χ4v) is 2.00. The number of halogens is 1. The van der Waals surface area contributed by atoms with Crippen molar-refractivity contribution >= 4 is 34.4 Å². The number of nitriles is 1. The van der Waals surface area contributed by atoms with Gasteiger partial charge in [0.05, 0.1) is 27.3 Å². The van der Waals surface area contributed by atoms with Gasteiger partial charge in [0.1, 0.15) is 0 Å². The fraction of sp³-hybridized carbons (Fsp3) is 0.0714. The smallest absolute Gasteiger partial charge is 0.273 e. The van der Waals surface area contributed by atoms with Gasteiger partial charge < -0.3 is 10.6 Å². The van der Waals surface area contributed by atoms with Gasteiger partial charge in [-0.15, -0.1) is 0 Å². The van der Waals surface area contributed by atoms with Gasteiger partial charge in [-0.2, -0.15) is 5.26 Å². The van der Waals surface area contributed by atoms with Crippen LogP contribution in [0.1, 0.15) is 5.56 Å². The number of non-ortho nitro benzene ring substituents is 1. The number of nitrogens with one attached hydrogen (secondary N) is 2. The summed E-state index contributed by atoms with van der Waals surface area (Å²) >= 11 is 6.07. The van der Waals surface area contributed by atoms with Crippen LogP contribution in [0.25, 0.3) is 0 Å². The summed E-state index contributed by atoms with van der Waals surface area (Å²) in [6.45, 7) is 0. The predicted molar refractivity (Wildman–Crippen MR) is 82.1 cm³/mol. The molecule has 0 atom stereocenters. The molecular formula is C14H11ClN4O2. The van der Waals surface area contributed by atoms with Crippen molar-refractivity contribution < 1.29 is 4.92 Å². The van der Waals surface area contributed by atoms with E-state index < -0.39 is 4.92 Å². The molecule has 0 aromatic heterocycles. The molecule has 7 heteroatoms. The van der Waals surface area contributed by atoms with E-state index in [2.05, 4.69) is 10.6 Å². The van der Waals surface area contributed by atoms with Gasteiger partial charge >= 0.3 is 0 Å². The molecule has 6 nitrogen and oxygen atoms in total. The first-order valence-corrected chi connectivity index (χ1v) is 6.35.